The van der Waals surface area contributed by atoms with Crippen molar-refractivity contribution in [3.05, 3.63) is 12.2 Å². The van der Waals surface area contributed by atoms with Gasteiger partial charge in [-0.25, -0.2) is 0 Å². The van der Waals surface area contributed by atoms with E-state index in [1.807, 2.05) is 14.2 Å². The van der Waals surface area contributed by atoms with E-state index in [0.29, 0.717) is 24.0 Å². The van der Waals surface area contributed by atoms with Crippen LogP contribution in [0.4, 0.5) is 0 Å². The van der Waals surface area contributed by atoms with Crippen LogP contribution in [0.25, 0.3) is 0 Å². The number of piperidine rings is 1. The van der Waals surface area contributed by atoms with E-state index in [0.717, 1.165) is 18.4 Å². The number of likely N-dealkylation sites (tertiary alicyclic amines) is 1. The zero-order valence-electron chi connectivity index (χ0n) is 13.7. The lowest BCUT2D eigenvalue weighted by Gasteiger charge is -2.53. The molecule has 3 fully saturated rings. The second-order valence-electron chi connectivity index (χ2n) is 6.99. The molecule has 3 rings (SSSR count). The molecule has 0 aromatic rings. The number of rotatable bonds is 3. The van der Waals surface area contributed by atoms with Crippen molar-refractivity contribution in [2.75, 3.05) is 21.3 Å². The summed E-state index contributed by atoms with van der Waals surface area (Å²) in [5, 5.41) is 0. The van der Waals surface area contributed by atoms with E-state index in [4.69, 9.17) is 14.2 Å². The second kappa shape index (κ2) is 5.99. The lowest BCUT2D eigenvalue weighted by atomic mass is 9.70. The van der Waals surface area contributed by atoms with Gasteiger partial charge in [-0.15, -0.1) is 0 Å². The molecule has 4 heteroatoms. The highest BCUT2D eigenvalue weighted by molar-refractivity contribution is 5.09. The molecule has 0 spiro atoms. The van der Waals surface area contributed by atoms with Crippen molar-refractivity contribution in [2.45, 2.75) is 63.2 Å². The number of ether oxygens (including phenoxy) is 3. The van der Waals surface area contributed by atoms with Crippen LogP contribution in [0.3, 0.4) is 0 Å². The van der Waals surface area contributed by atoms with Gasteiger partial charge < -0.3 is 14.2 Å². The second-order valence-corrected chi connectivity index (χ2v) is 6.99. The molecule has 0 bridgehead atoms. The average molecular weight is 295 g/mol. The highest BCUT2D eigenvalue weighted by Crippen LogP contribution is 2.47. The Bertz CT molecular complexity index is 399. The maximum Gasteiger partial charge on any atom is 0.116 e. The Balaban J connectivity index is 1.89. The number of hydrogen-bond donors (Lipinski definition) is 0. The zero-order chi connectivity index (χ0) is 15.1. The molecule has 2 saturated heterocycles. The molecule has 0 aromatic carbocycles. The molecule has 0 radical (unpaired) electrons. The molecule has 7 atom stereocenters. The summed E-state index contributed by atoms with van der Waals surface area (Å²) < 4.78 is 18.0. The van der Waals surface area contributed by atoms with Gasteiger partial charge in [0.25, 0.3) is 0 Å². The van der Waals surface area contributed by atoms with Crippen molar-refractivity contribution in [1.29, 1.82) is 0 Å². The molecule has 0 amide bonds. The Morgan fingerprint density at radius 1 is 1.19 bits per heavy atom. The fourth-order valence-corrected chi connectivity index (χ4v) is 4.89. The van der Waals surface area contributed by atoms with Crippen molar-refractivity contribution in [3.63, 3.8) is 0 Å². The van der Waals surface area contributed by atoms with E-state index < -0.39 is 0 Å². The van der Waals surface area contributed by atoms with Gasteiger partial charge in [-0.3, -0.25) is 4.90 Å². The summed E-state index contributed by atoms with van der Waals surface area (Å²) in [5.41, 5.74) is 1.12. The van der Waals surface area contributed by atoms with Crippen LogP contribution < -0.4 is 0 Å². The van der Waals surface area contributed by atoms with Crippen LogP contribution in [0.1, 0.15) is 32.6 Å². The fraction of sp³-hybridized carbons (Fsp3) is 0.882. The molecule has 2 heterocycles. The number of fused-ring (bicyclic) bond motifs is 2. The summed E-state index contributed by atoms with van der Waals surface area (Å²) in [6, 6.07) is 0.402. The van der Waals surface area contributed by atoms with Gasteiger partial charge in [0.05, 0.1) is 18.3 Å². The summed E-state index contributed by atoms with van der Waals surface area (Å²) in [6.45, 7) is 6.15. The first-order chi connectivity index (χ1) is 10.1. The molecular weight excluding hydrogens is 266 g/mol. The van der Waals surface area contributed by atoms with Crippen LogP contribution in [-0.4, -0.2) is 56.7 Å². The van der Waals surface area contributed by atoms with Crippen LogP contribution in [0.5, 0.6) is 0 Å². The van der Waals surface area contributed by atoms with Gasteiger partial charge >= 0.3 is 0 Å². The molecule has 4 nitrogen and oxygen atoms in total. The summed E-state index contributed by atoms with van der Waals surface area (Å²) in [5.74, 6) is 0.992. The Labute approximate surface area is 128 Å². The van der Waals surface area contributed by atoms with Gasteiger partial charge in [0.2, 0.25) is 0 Å². The minimum Gasteiger partial charge on any atom is -0.381 e. The van der Waals surface area contributed by atoms with Crippen molar-refractivity contribution in [2.24, 2.45) is 11.8 Å². The standard InChI is InChI=1S/C17H29NO3/c1-10(2)14-9-12-16(20-5)11-7-6-8-13(19-4)15(11)18(3)17(12)21-14/h11-17H,1,6-9H2,2-5H3/t11?,12?,13?,14-,15?,16?,17?/m0/s1. The molecule has 1 aliphatic carbocycles. The monoisotopic (exact) mass is 295 g/mol. The third-order valence-corrected chi connectivity index (χ3v) is 5.84. The molecule has 1 saturated carbocycles. The highest BCUT2D eigenvalue weighted by Gasteiger charge is 2.55. The van der Waals surface area contributed by atoms with Gasteiger partial charge in [-0.05, 0) is 33.2 Å². The lowest BCUT2D eigenvalue weighted by molar-refractivity contribution is -0.193. The molecule has 6 unspecified atom stereocenters. The first-order valence-electron chi connectivity index (χ1n) is 8.16. The van der Waals surface area contributed by atoms with Crippen LogP contribution in [0.2, 0.25) is 0 Å². The van der Waals surface area contributed by atoms with Gasteiger partial charge in [0.15, 0.2) is 0 Å². The molecule has 3 aliphatic rings. The maximum atomic E-state index is 6.30. The van der Waals surface area contributed by atoms with E-state index in [2.05, 4.69) is 25.5 Å². The Kier molecular flexibility index (Phi) is 4.42. The van der Waals surface area contributed by atoms with Crippen LogP contribution in [0.15, 0.2) is 12.2 Å². The van der Waals surface area contributed by atoms with Crippen molar-refractivity contribution in [1.82, 2.24) is 4.90 Å². The molecule has 0 N–H and O–H groups in total. The predicted octanol–water partition coefficient (Wildman–Crippen LogP) is 2.44. The molecular formula is C17H29NO3. The summed E-state index contributed by atoms with van der Waals surface area (Å²) in [6.07, 6.45) is 5.50. The minimum absolute atomic E-state index is 0.133. The molecule has 0 aromatic heterocycles. The van der Waals surface area contributed by atoms with Crippen LogP contribution >= 0.6 is 0 Å². The molecule has 21 heavy (non-hydrogen) atoms. The maximum absolute atomic E-state index is 6.30. The van der Waals surface area contributed by atoms with Crippen molar-refractivity contribution in [3.8, 4) is 0 Å². The van der Waals surface area contributed by atoms with E-state index >= 15 is 0 Å². The number of likely N-dealkylation sites (N-methyl/N-ethyl adjacent to an activating group) is 1. The zero-order valence-corrected chi connectivity index (χ0v) is 13.7. The van der Waals surface area contributed by atoms with Crippen LogP contribution in [0, 0.1) is 11.8 Å². The van der Waals surface area contributed by atoms with Crippen LogP contribution in [-0.2, 0) is 14.2 Å². The number of hydrogen-bond acceptors (Lipinski definition) is 4. The average Bonchev–Trinajstić information content (AvgIpc) is 2.92. The highest BCUT2D eigenvalue weighted by atomic mass is 16.5. The summed E-state index contributed by atoms with van der Waals surface area (Å²) in [4.78, 5) is 2.42. The molecule has 2 aliphatic heterocycles. The quantitative estimate of drug-likeness (QED) is 0.748. The Morgan fingerprint density at radius 2 is 1.95 bits per heavy atom. The fourth-order valence-electron chi connectivity index (χ4n) is 4.89. The van der Waals surface area contributed by atoms with Gasteiger partial charge in [0.1, 0.15) is 6.23 Å². The first kappa shape index (κ1) is 15.5. The lowest BCUT2D eigenvalue weighted by Crippen LogP contribution is -2.64. The van der Waals surface area contributed by atoms with E-state index in [1.54, 1.807) is 0 Å². The Morgan fingerprint density at radius 3 is 2.57 bits per heavy atom. The van der Waals surface area contributed by atoms with Gasteiger partial charge in [-0.2, -0.15) is 0 Å². The van der Waals surface area contributed by atoms with E-state index in [1.165, 1.54) is 12.8 Å². The minimum atomic E-state index is 0.133. The van der Waals surface area contributed by atoms with E-state index in [9.17, 15) is 0 Å². The summed E-state index contributed by atoms with van der Waals surface area (Å²) in [7, 11) is 5.88. The van der Waals surface area contributed by atoms with Gasteiger partial charge in [0, 0.05) is 32.1 Å². The van der Waals surface area contributed by atoms with Gasteiger partial charge in [-0.1, -0.05) is 18.6 Å². The largest absolute Gasteiger partial charge is 0.381 e. The third-order valence-electron chi connectivity index (χ3n) is 5.84. The smallest absolute Gasteiger partial charge is 0.116 e. The topological polar surface area (TPSA) is 30.9 Å². The first-order valence-corrected chi connectivity index (χ1v) is 8.16. The normalized spacial score (nSPS) is 47.0. The number of methoxy groups -OCH3 is 2. The number of nitrogens with zero attached hydrogens (tertiary/aromatic N) is 1. The van der Waals surface area contributed by atoms with E-state index in [-0.39, 0.29) is 18.4 Å². The SMILES string of the molecule is C=C(C)[C@@H]1CC2C(OC)C3CCCC(OC)C3N(C)C2O1. The van der Waals surface area contributed by atoms with Crippen molar-refractivity contribution >= 4 is 0 Å². The molecule has 120 valence electrons. The predicted molar refractivity (Wildman–Crippen MR) is 82.1 cm³/mol. The summed E-state index contributed by atoms with van der Waals surface area (Å²) >= 11 is 0. The van der Waals surface area contributed by atoms with Crippen molar-refractivity contribution < 1.29 is 14.2 Å². The third kappa shape index (κ3) is 2.46. The Hall–Kier alpha value is -0.420.